The molecule has 10 heteroatoms. The van der Waals surface area contributed by atoms with E-state index in [1.165, 1.54) is 11.1 Å². The molecule has 0 atom stereocenters. The fraction of sp³-hybridized carbons (Fsp3) is 0.412. The number of hydrogen-bond acceptors (Lipinski definition) is 7. The van der Waals surface area contributed by atoms with Crippen LogP contribution in [0.5, 0.6) is 0 Å². The predicted molar refractivity (Wildman–Crippen MR) is 99.5 cm³/mol. The van der Waals surface area contributed by atoms with Gasteiger partial charge in [0.25, 0.3) is 5.56 Å². The fourth-order valence-electron chi connectivity index (χ4n) is 3.12. The van der Waals surface area contributed by atoms with Gasteiger partial charge in [0, 0.05) is 19.5 Å². The molecule has 3 aromatic rings. The summed E-state index contributed by atoms with van der Waals surface area (Å²) in [6.45, 7) is 1.99. The maximum absolute atomic E-state index is 12.4. The van der Waals surface area contributed by atoms with E-state index < -0.39 is 0 Å². The van der Waals surface area contributed by atoms with Crippen LogP contribution in [-0.2, 0) is 11.3 Å². The van der Waals surface area contributed by atoms with E-state index in [0.717, 1.165) is 25.9 Å². The molecule has 0 bridgehead atoms. The first kappa shape index (κ1) is 17.1. The van der Waals surface area contributed by atoms with Gasteiger partial charge in [-0.05, 0) is 31.4 Å². The van der Waals surface area contributed by atoms with Crippen molar-refractivity contribution >= 4 is 28.7 Å². The number of H-pyrrole nitrogens is 1. The number of piperidine rings is 1. The molecular weight excluding hydrogens is 348 g/mol. The molecule has 0 saturated carbocycles. The summed E-state index contributed by atoms with van der Waals surface area (Å²) in [7, 11) is 0. The van der Waals surface area contributed by atoms with Crippen LogP contribution in [0.1, 0.15) is 25.7 Å². The van der Waals surface area contributed by atoms with E-state index in [-0.39, 0.29) is 24.4 Å². The van der Waals surface area contributed by atoms with Crippen molar-refractivity contribution in [2.45, 2.75) is 32.2 Å². The molecule has 2 aromatic heterocycles. The monoisotopic (exact) mass is 368 g/mol. The third kappa shape index (κ3) is 3.78. The van der Waals surface area contributed by atoms with Crippen molar-refractivity contribution < 1.29 is 4.79 Å². The molecule has 0 radical (unpaired) electrons. The van der Waals surface area contributed by atoms with Crippen LogP contribution < -0.4 is 15.8 Å². The Morgan fingerprint density at radius 1 is 1.19 bits per heavy atom. The number of benzene rings is 1. The quantitative estimate of drug-likeness (QED) is 0.687. The number of fused-ring (bicyclic) bond motifs is 1. The van der Waals surface area contributed by atoms with Gasteiger partial charge in [0.05, 0.1) is 11.9 Å². The molecule has 27 heavy (non-hydrogen) atoms. The standard InChI is InChI=1S/C17H20N8O2/c26-14(18-16-19-17(22-21-16)24-9-4-1-5-10-24)8-11-25-15(27)12-6-2-3-7-13(12)20-23-25/h2-3,6-7H,1,4-5,8-11H2,(H2,18,19,21,22,26). The second-order valence-corrected chi connectivity index (χ2v) is 6.46. The Kier molecular flexibility index (Phi) is 4.77. The highest BCUT2D eigenvalue weighted by Gasteiger charge is 2.16. The van der Waals surface area contributed by atoms with Crippen LogP contribution in [0.15, 0.2) is 29.1 Å². The van der Waals surface area contributed by atoms with Gasteiger partial charge in [-0.2, -0.15) is 4.98 Å². The van der Waals surface area contributed by atoms with Crippen molar-refractivity contribution in [1.82, 2.24) is 30.2 Å². The fourth-order valence-corrected chi connectivity index (χ4v) is 3.12. The second kappa shape index (κ2) is 7.52. The Bertz CT molecular complexity index is 1010. The van der Waals surface area contributed by atoms with Crippen LogP contribution in [0, 0.1) is 0 Å². The largest absolute Gasteiger partial charge is 0.340 e. The third-order valence-corrected chi connectivity index (χ3v) is 4.55. The molecule has 1 fully saturated rings. The lowest BCUT2D eigenvalue weighted by atomic mass is 10.1. The zero-order valence-electron chi connectivity index (χ0n) is 14.8. The summed E-state index contributed by atoms with van der Waals surface area (Å²) in [6.07, 6.45) is 3.55. The zero-order valence-corrected chi connectivity index (χ0v) is 14.8. The van der Waals surface area contributed by atoms with Crippen LogP contribution in [0.25, 0.3) is 10.9 Å². The van der Waals surface area contributed by atoms with E-state index in [2.05, 4.69) is 35.7 Å². The molecule has 0 aliphatic carbocycles. The average molecular weight is 368 g/mol. The Labute approximate surface area is 154 Å². The van der Waals surface area contributed by atoms with E-state index in [4.69, 9.17) is 0 Å². The normalized spacial score (nSPS) is 14.4. The number of anilines is 2. The summed E-state index contributed by atoms with van der Waals surface area (Å²) in [5.74, 6) is 0.623. The number of aryl methyl sites for hydroxylation is 1. The number of amides is 1. The number of aromatic nitrogens is 6. The molecular formula is C17H20N8O2. The van der Waals surface area contributed by atoms with Gasteiger partial charge in [0.2, 0.25) is 17.8 Å². The van der Waals surface area contributed by atoms with Gasteiger partial charge >= 0.3 is 0 Å². The van der Waals surface area contributed by atoms with E-state index >= 15 is 0 Å². The Morgan fingerprint density at radius 2 is 2.00 bits per heavy atom. The summed E-state index contributed by atoms with van der Waals surface area (Å²) in [5, 5.41) is 17.9. The number of nitrogens with zero attached hydrogens (tertiary/aromatic N) is 6. The van der Waals surface area contributed by atoms with E-state index in [9.17, 15) is 9.59 Å². The van der Waals surface area contributed by atoms with Crippen LogP contribution in [-0.4, -0.2) is 49.2 Å². The van der Waals surface area contributed by atoms with Gasteiger partial charge in [-0.1, -0.05) is 17.3 Å². The van der Waals surface area contributed by atoms with Crippen molar-refractivity contribution in [3.8, 4) is 0 Å². The van der Waals surface area contributed by atoms with Gasteiger partial charge in [-0.15, -0.1) is 10.2 Å². The molecule has 0 unspecified atom stereocenters. The molecule has 0 spiro atoms. The first-order chi connectivity index (χ1) is 13.2. The molecule has 1 aliphatic rings. The third-order valence-electron chi connectivity index (χ3n) is 4.55. The maximum Gasteiger partial charge on any atom is 0.277 e. The molecule has 1 amide bonds. The van der Waals surface area contributed by atoms with Gasteiger partial charge in [0.1, 0.15) is 5.52 Å². The van der Waals surface area contributed by atoms with Crippen LogP contribution in [0.3, 0.4) is 0 Å². The van der Waals surface area contributed by atoms with Crippen molar-refractivity contribution in [2.75, 3.05) is 23.3 Å². The molecule has 2 N–H and O–H groups in total. The topological polar surface area (TPSA) is 122 Å². The highest BCUT2D eigenvalue weighted by molar-refractivity contribution is 5.89. The highest BCUT2D eigenvalue weighted by atomic mass is 16.2. The highest BCUT2D eigenvalue weighted by Crippen LogP contribution is 2.16. The first-order valence-corrected chi connectivity index (χ1v) is 9.00. The molecule has 140 valence electrons. The lowest BCUT2D eigenvalue weighted by molar-refractivity contribution is -0.116. The molecule has 3 heterocycles. The maximum atomic E-state index is 12.4. The second-order valence-electron chi connectivity index (χ2n) is 6.46. The number of carbonyl (C=O) groups is 1. The van der Waals surface area contributed by atoms with E-state index in [0.29, 0.717) is 22.8 Å². The summed E-state index contributed by atoms with van der Waals surface area (Å²) in [6, 6.07) is 6.99. The minimum atomic E-state index is -0.279. The van der Waals surface area contributed by atoms with Gasteiger partial charge in [0.15, 0.2) is 0 Å². The Balaban J connectivity index is 1.37. The number of nitrogens with one attached hydrogen (secondary N) is 2. The minimum absolute atomic E-state index is 0.0761. The molecule has 10 nitrogen and oxygen atoms in total. The number of carbonyl (C=O) groups excluding carboxylic acids is 1. The van der Waals surface area contributed by atoms with E-state index in [1.54, 1.807) is 24.3 Å². The zero-order chi connectivity index (χ0) is 18.6. The van der Waals surface area contributed by atoms with Crippen LogP contribution >= 0.6 is 0 Å². The molecule has 1 aliphatic heterocycles. The van der Waals surface area contributed by atoms with Crippen molar-refractivity contribution in [2.24, 2.45) is 0 Å². The molecule has 1 aromatic carbocycles. The Morgan fingerprint density at radius 3 is 2.85 bits per heavy atom. The smallest absolute Gasteiger partial charge is 0.277 e. The van der Waals surface area contributed by atoms with Crippen molar-refractivity contribution in [1.29, 1.82) is 0 Å². The van der Waals surface area contributed by atoms with Crippen molar-refractivity contribution in [3.63, 3.8) is 0 Å². The van der Waals surface area contributed by atoms with Crippen LogP contribution in [0.4, 0.5) is 11.9 Å². The lowest BCUT2D eigenvalue weighted by Crippen LogP contribution is -2.30. The molecule has 4 rings (SSSR count). The summed E-state index contributed by atoms with van der Waals surface area (Å²) in [5.41, 5.74) is 0.274. The van der Waals surface area contributed by atoms with Gasteiger partial charge < -0.3 is 4.90 Å². The SMILES string of the molecule is O=C(CCn1nnc2ccccc2c1=O)Nc1nc(N2CCCCC2)n[nH]1. The summed E-state index contributed by atoms with van der Waals surface area (Å²) >= 11 is 0. The van der Waals surface area contributed by atoms with Gasteiger partial charge in [-0.3, -0.25) is 14.9 Å². The minimum Gasteiger partial charge on any atom is -0.340 e. The van der Waals surface area contributed by atoms with Gasteiger partial charge in [-0.25, -0.2) is 9.78 Å². The average Bonchev–Trinajstić information content (AvgIpc) is 3.17. The van der Waals surface area contributed by atoms with Crippen LogP contribution in [0.2, 0.25) is 0 Å². The molecule has 1 saturated heterocycles. The Hall–Kier alpha value is -3.30. The number of hydrogen-bond donors (Lipinski definition) is 2. The van der Waals surface area contributed by atoms with Crippen molar-refractivity contribution in [3.05, 3.63) is 34.6 Å². The lowest BCUT2D eigenvalue weighted by Gasteiger charge is -2.24. The first-order valence-electron chi connectivity index (χ1n) is 9.00. The predicted octanol–water partition coefficient (Wildman–Crippen LogP) is 0.929. The number of rotatable bonds is 5. The number of aromatic amines is 1. The van der Waals surface area contributed by atoms with E-state index in [1.807, 2.05) is 0 Å². The summed E-state index contributed by atoms with van der Waals surface area (Å²) in [4.78, 5) is 31.0. The summed E-state index contributed by atoms with van der Waals surface area (Å²) < 4.78 is 1.20.